The average molecular weight is 469 g/mol. The van der Waals surface area contributed by atoms with Crippen LogP contribution in [0.4, 0.5) is 0 Å². The van der Waals surface area contributed by atoms with Crippen LogP contribution in [-0.4, -0.2) is 61.3 Å². The molecule has 1 aromatic heterocycles. The molecule has 0 bridgehead atoms. The van der Waals surface area contributed by atoms with Crippen molar-refractivity contribution in [1.29, 1.82) is 0 Å². The van der Waals surface area contributed by atoms with Crippen LogP contribution in [0.2, 0.25) is 0 Å². The molecule has 33 heavy (non-hydrogen) atoms. The van der Waals surface area contributed by atoms with E-state index in [9.17, 15) is 13.2 Å². The van der Waals surface area contributed by atoms with Crippen molar-refractivity contribution >= 4 is 26.8 Å². The predicted octanol–water partition coefficient (Wildman–Crippen LogP) is 2.83. The zero-order valence-electron chi connectivity index (χ0n) is 19.3. The summed E-state index contributed by atoms with van der Waals surface area (Å²) in [6, 6.07) is 17.3. The SMILES string of the molecule is CN(CCNC(=O)C1CCCN(S(=O)(=O)c2ccc3c(ccn3C)c2)C1)Cc1ccccc1. The molecule has 1 atom stereocenters. The van der Waals surface area contributed by atoms with E-state index in [4.69, 9.17) is 0 Å². The first-order valence-corrected chi connectivity index (χ1v) is 12.8. The summed E-state index contributed by atoms with van der Waals surface area (Å²) in [5.41, 5.74) is 2.22. The highest BCUT2D eigenvalue weighted by atomic mass is 32.2. The standard InChI is InChI=1S/C25H32N4O3S/c1-27(18-20-7-4-3-5-8-20)16-13-26-25(30)22-9-6-14-29(19-22)33(31,32)23-10-11-24-21(17-23)12-15-28(24)2/h3-5,7-8,10-12,15,17,22H,6,9,13-14,16,18-19H2,1-2H3,(H,26,30). The normalized spacial score (nSPS) is 17.5. The van der Waals surface area contributed by atoms with Crippen LogP contribution >= 0.6 is 0 Å². The minimum Gasteiger partial charge on any atom is -0.355 e. The molecule has 0 saturated carbocycles. The van der Waals surface area contributed by atoms with E-state index < -0.39 is 10.0 Å². The summed E-state index contributed by atoms with van der Waals surface area (Å²) >= 11 is 0. The number of fused-ring (bicyclic) bond motifs is 1. The third-order valence-corrected chi connectivity index (χ3v) is 8.20. The number of rotatable bonds is 8. The molecule has 1 aliphatic rings. The van der Waals surface area contributed by atoms with Gasteiger partial charge >= 0.3 is 0 Å². The largest absolute Gasteiger partial charge is 0.355 e. The van der Waals surface area contributed by atoms with Crippen LogP contribution in [-0.2, 0) is 28.4 Å². The van der Waals surface area contributed by atoms with E-state index in [1.807, 2.05) is 55.2 Å². The Morgan fingerprint density at radius 1 is 1.15 bits per heavy atom. The lowest BCUT2D eigenvalue weighted by Gasteiger charge is -2.31. The van der Waals surface area contributed by atoms with Crippen molar-refractivity contribution in [3.63, 3.8) is 0 Å². The lowest BCUT2D eigenvalue weighted by molar-refractivity contribution is -0.126. The van der Waals surface area contributed by atoms with Crippen molar-refractivity contribution in [1.82, 2.24) is 19.1 Å². The number of piperidine rings is 1. The molecule has 0 spiro atoms. The van der Waals surface area contributed by atoms with Crippen LogP contribution in [0.25, 0.3) is 10.9 Å². The van der Waals surface area contributed by atoms with Crippen molar-refractivity contribution in [2.45, 2.75) is 24.3 Å². The van der Waals surface area contributed by atoms with Gasteiger partial charge in [-0.2, -0.15) is 4.31 Å². The molecule has 0 radical (unpaired) electrons. The summed E-state index contributed by atoms with van der Waals surface area (Å²) < 4.78 is 30.0. The number of aromatic nitrogens is 1. The van der Waals surface area contributed by atoms with E-state index in [0.29, 0.717) is 25.9 Å². The average Bonchev–Trinajstić information content (AvgIpc) is 3.20. The number of benzene rings is 2. The van der Waals surface area contributed by atoms with Crippen LogP contribution < -0.4 is 5.32 Å². The highest BCUT2D eigenvalue weighted by molar-refractivity contribution is 7.89. The second kappa shape index (κ2) is 10.1. The third-order valence-electron chi connectivity index (χ3n) is 6.34. The first kappa shape index (κ1) is 23.5. The van der Waals surface area contributed by atoms with Crippen LogP contribution in [0.15, 0.2) is 65.7 Å². The number of amides is 1. The molecule has 3 aromatic rings. The molecule has 1 unspecified atom stereocenters. The molecule has 1 N–H and O–H groups in total. The monoisotopic (exact) mass is 468 g/mol. The van der Waals surface area contributed by atoms with E-state index >= 15 is 0 Å². The van der Waals surface area contributed by atoms with Gasteiger partial charge in [0.05, 0.1) is 10.8 Å². The van der Waals surface area contributed by atoms with Gasteiger partial charge in [-0.05, 0) is 49.7 Å². The first-order valence-electron chi connectivity index (χ1n) is 11.4. The number of likely N-dealkylation sites (N-methyl/N-ethyl adjacent to an activating group) is 1. The number of hydrogen-bond acceptors (Lipinski definition) is 4. The maximum absolute atomic E-state index is 13.3. The van der Waals surface area contributed by atoms with Crippen molar-refractivity contribution in [3.8, 4) is 0 Å². The molecule has 0 aliphatic carbocycles. The summed E-state index contributed by atoms with van der Waals surface area (Å²) in [5, 5.41) is 3.90. The van der Waals surface area contributed by atoms with Crippen molar-refractivity contribution < 1.29 is 13.2 Å². The molecule has 7 nitrogen and oxygen atoms in total. The maximum Gasteiger partial charge on any atom is 0.243 e. The molecule has 2 heterocycles. The van der Waals surface area contributed by atoms with Gasteiger partial charge in [-0.3, -0.25) is 4.79 Å². The summed E-state index contributed by atoms with van der Waals surface area (Å²) in [6.45, 7) is 2.75. The van der Waals surface area contributed by atoms with Crippen molar-refractivity contribution in [2.24, 2.45) is 13.0 Å². The van der Waals surface area contributed by atoms with E-state index in [2.05, 4.69) is 22.3 Å². The fraction of sp³-hybridized carbons (Fsp3) is 0.400. The number of carbonyl (C=O) groups is 1. The van der Waals surface area contributed by atoms with Gasteiger partial charge in [0.15, 0.2) is 0 Å². The second-order valence-electron chi connectivity index (χ2n) is 8.86. The van der Waals surface area contributed by atoms with Gasteiger partial charge in [0, 0.05) is 56.9 Å². The Hall–Kier alpha value is -2.68. The molecule has 1 fully saturated rings. The topological polar surface area (TPSA) is 74.7 Å². The van der Waals surface area contributed by atoms with Gasteiger partial charge in [0.2, 0.25) is 15.9 Å². The Labute approximate surface area is 196 Å². The zero-order valence-corrected chi connectivity index (χ0v) is 20.1. The number of sulfonamides is 1. The van der Waals surface area contributed by atoms with Crippen LogP contribution in [0, 0.1) is 5.92 Å². The fourth-order valence-corrected chi connectivity index (χ4v) is 5.99. The molecular weight excluding hydrogens is 436 g/mol. The van der Waals surface area contributed by atoms with E-state index in [-0.39, 0.29) is 23.3 Å². The minimum atomic E-state index is -3.64. The van der Waals surface area contributed by atoms with Crippen LogP contribution in [0.5, 0.6) is 0 Å². The van der Waals surface area contributed by atoms with Gasteiger partial charge in [0.1, 0.15) is 0 Å². The Kier molecular flexibility index (Phi) is 7.17. The Bertz CT molecular complexity index is 1210. The predicted molar refractivity (Wildman–Crippen MR) is 130 cm³/mol. The first-order chi connectivity index (χ1) is 15.8. The van der Waals surface area contributed by atoms with Crippen LogP contribution in [0.1, 0.15) is 18.4 Å². The van der Waals surface area contributed by atoms with Crippen molar-refractivity contribution in [2.75, 3.05) is 33.2 Å². The van der Waals surface area contributed by atoms with Gasteiger partial charge in [0.25, 0.3) is 0 Å². The maximum atomic E-state index is 13.3. The number of nitrogens with zero attached hydrogens (tertiary/aromatic N) is 3. The molecule has 8 heteroatoms. The lowest BCUT2D eigenvalue weighted by Crippen LogP contribution is -2.46. The Morgan fingerprint density at radius 3 is 2.73 bits per heavy atom. The van der Waals surface area contributed by atoms with Gasteiger partial charge in [-0.25, -0.2) is 8.42 Å². The second-order valence-corrected chi connectivity index (χ2v) is 10.8. The molecular formula is C25H32N4O3S. The quantitative estimate of drug-likeness (QED) is 0.552. The minimum absolute atomic E-state index is 0.0680. The molecule has 4 rings (SSSR count). The summed E-state index contributed by atoms with van der Waals surface area (Å²) in [4.78, 5) is 15.2. The molecule has 1 aliphatic heterocycles. The van der Waals surface area contributed by atoms with Gasteiger partial charge < -0.3 is 14.8 Å². The van der Waals surface area contributed by atoms with E-state index in [1.165, 1.54) is 9.87 Å². The summed E-state index contributed by atoms with van der Waals surface area (Å²) in [5.74, 6) is -0.394. The highest BCUT2D eigenvalue weighted by Crippen LogP contribution is 2.26. The lowest BCUT2D eigenvalue weighted by atomic mass is 9.99. The molecule has 1 saturated heterocycles. The molecule has 2 aromatic carbocycles. The fourth-order valence-electron chi connectivity index (χ4n) is 4.43. The van der Waals surface area contributed by atoms with E-state index in [0.717, 1.165) is 24.0 Å². The third kappa shape index (κ3) is 5.46. The summed E-state index contributed by atoms with van der Waals surface area (Å²) in [6.07, 6.45) is 3.30. The van der Waals surface area contributed by atoms with E-state index in [1.54, 1.807) is 12.1 Å². The molecule has 1 amide bonds. The number of carbonyl (C=O) groups excluding carboxylic acids is 1. The van der Waals surface area contributed by atoms with Crippen molar-refractivity contribution in [3.05, 3.63) is 66.4 Å². The van der Waals surface area contributed by atoms with Gasteiger partial charge in [-0.1, -0.05) is 30.3 Å². The number of hydrogen-bond donors (Lipinski definition) is 1. The van der Waals surface area contributed by atoms with Gasteiger partial charge in [-0.15, -0.1) is 0 Å². The highest BCUT2D eigenvalue weighted by Gasteiger charge is 2.33. The zero-order chi connectivity index (χ0) is 23.4. The Morgan fingerprint density at radius 2 is 1.94 bits per heavy atom. The van der Waals surface area contributed by atoms with Crippen LogP contribution in [0.3, 0.4) is 0 Å². The Balaban J connectivity index is 1.32. The number of aryl methyl sites for hydroxylation is 1. The summed E-state index contributed by atoms with van der Waals surface area (Å²) in [7, 11) is 0.316. The molecule has 176 valence electrons. The smallest absolute Gasteiger partial charge is 0.243 e. The number of nitrogens with one attached hydrogen (secondary N) is 1.